The monoisotopic (exact) mass is 453 g/mol. The molecule has 0 atom stereocenters. The summed E-state index contributed by atoms with van der Waals surface area (Å²) < 4.78 is 0. The molecule has 1 N–H and O–H groups in total. The van der Waals surface area contributed by atoms with Gasteiger partial charge in [0, 0.05) is 24.5 Å². The zero-order valence-corrected chi connectivity index (χ0v) is 20.5. The van der Waals surface area contributed by atoms with E-state index in [1.165, 1.54) is 4.90 Å². The molecule has 0 spiro atoms. The van der Waals surface area contributed by atoms with Crippen molar-refractivity contribution in [2.24, 2.45) is 0 Å². The minimum absolute atomic E-state index is 0.296. The Hall–Kier alpha value is -3.86. The van der Waals surface area contributed by atoms with Crippen molar-refractivity contribution >= 4 is 34.4 Å². The molecule has 5 nitrogen and oxygen atoms in total. The van der Waals surface area contributed by atoms with Gasteiger partial charge in [-0.2, -0.15) is 0 Å². The standard InChI is InChI=1S/C29H31N3O2/c1-6-31(7-2)24-15-13-23(14-16-24)30-27-26(22-11-8-19(3)9-12-22)28(33)32(29(27)34)25-17-10-20(4)18-21(25)5/h8-18,30H,6-7H2,1-5H3. The summed E-state index contributed by atoms with van der Waals surface area (Å²) in [5, 5.41) is 3.27. The highest BCUT2D eigenvalue weighted by Gasteiger charge is 2.40. The van der Waals surface area contributed by atoms with Crippen LogP contribution in [-0.4, -0.2) is 24.9 Å². The maximum Gasteiger partial charge on any atom is 0.282 e. The number of aryl methyl sites for hydroxylation is 3. The van der Waals surface area contributed by atoms with Gasteiger partial charge in [0.1, 0.15) is 5.70 Å². The SMILES string of the molecule is CCN(CC)c1ccc(NC2=C(c3ccc(C)cc3)C(=O)N(c3ccc(C)cc3C)C2=O)cc1. The minimum atomic E-state index is -0.347. The summed E-state index contributed by atoms with van der Waals surface area (Å²) in [6.07, 6.45) is 0. The van der Waals surface area contributed by atoms with E-state index in [2.05, 4.69) is 24.1 Å². The van der Waals surface area contributed by atoms with Crippen molar-refractivity contribution in [1.82, 2.24) is 0 Å². The smallest absolute Gasteiger partial charge is 0.282 e. The van der Waals surface area contributed by atoms with E-state index in [0.717, 1.165) is 46.7 Å². The van der Waals surface area contributed by atoms with Gasteiger partial charge in [-0.15, -0.1) is 0 Å². The summed E-state index contributed by atoms with van der Waals surface area (Å²) in [6, 6.07) is 21.4. The summed E-state index contributed by atoms with van der Waals surface area (Å²) in [4.78, 5) is 30.9. The van der Waals surface area contributed by atoms with Gasteiger partial charge in [0.15, 0.2) is 0 Å². The van der Waals surface area contributed by atoms with Gasteiger partial charge < -0.3 is 10.2 Å². The van der Waals surface area contributed by atoms with E-state index in [0.29, 0.717) is 17.0 Å². The highest BCUT2D eigenvalue weighted by atomic mass is 16.2. The second kappa shape index (κ2) is 9.56. The number of amides is 2. The third kappa shape index (κ3) is 4.34. The Morgan fingerprint density at radius 1 is 0.765 bits per heavy atom. The zero-order chi connectivity index (χ0) is 24.4. The molecule has 0 saturated heterocycles. The van der Waals surface area contributed by atoms with Crippen molar-refractivity contribution in [1.29, 1.82) is 0 Å². The Labute approximate surface area is 201 Å². The first kappa shape index (κ1) is 23.3. The van der Waals surface area contributed by atoms with Crippen LogP contribution in [0.15, 0.2) is 72.4 Å². The van der Waals surface area contributed by atoms with Crippen LogP contribution in [0.3, 0.4) is 0 Å². The third-order valence-corrected chi connectivity index (χ3v) is 6.28. The molecule has 1 aliphatic rings. The predicted molar refractivity (Wildman–Crippen MR) is 140 cm³/mol. The quantitative estimate of drug-likeness (QED) is 0.456. The molecular weight excluding hydrogens is 422 g/mol. The molecule has 0 unspecified atom stereocenters. The van der Waals surface area contributed by atoms with Gasteiger partial charge in [0.25, 0.3) is 11.8 Å². The van der Waals surface area contributed by atoms with Gasteiger partial charge in [-0.1, -0.05) is 47.5 Å². The van der Waals surface area contributed by atoms with Crippen molar-refractivity contribution in [3.05, 3.63) is 94.7 Å². The van der Waals surface area contributed by atoms with Crippen molar-refractivity contribution in [3.63, 3.8) is 0 Å². The van der Waals surface area contributed by atoms with Gasteiger partial charge in [0.2, 0.25) is 0 Å². The topological polar surface area (TPSA) is 52.7 Å². The van der Waals surface area contributed by atoms with E-state index in [-0.39, 0.29) is 11.8 Å². The van der Waals surface area contributed by atoms with Gasteiger partial charge in [0.05, 0.1) is 11.3 Å². The lowest BCUT2D eigenvalue weighted by molar-refractivity contribution is -0.120. The second-order valence-electron chi connectivity index (χ2n) is 8.70. The molecule has 174 valence electrons. The summed E-state index contributed by atoms with van der Waals surface area (Å²) in [5.74, 6) is -0.664. The van der Waals surface area contributed by atoms with E-state index in [1.807, 2.05) is 87.5 Å². The maximum absolute atomic E-state index is 13.7. The van der Waals surface area contributed by atoms with Crippen LogP contribution in [0.2, 0.25) is 0 Å². The van der Waals surface area contributed by atoms with E-state index >= 15 is 0 Å². The minimum Gasteiger partial charge on any atom is -0.372 e. The zero-order valence-electron chi connectivity index (χ0n) is 20.5. The number of carbonyl (C=O) groups excluding carboxylic acids is 2. The average Bonchev–Trinajstić information content (AvgIpc) is 3.06. The number of benzene rings is 3. The van der Waals surface area contributed by atoms with Gasteiger partial charge in [-0.3, -0.25) is 9.59 Å². The van der Waals surface area contributed by atoms with Crippen LogP contribution in [0.25, 0.3) is 5.57 Å². The number of nitrogens with one attached hydrogen (secondary N) is 1. The van der Waals surface area contributed by atoms with E-state index in [9.17, 15) is 9.59 Å². The highest BCUT2D eigenvalue weighted by Crippen LogP contribution is 2.35. The first-order valence-electron chi connectivity index (χ1n) is 11.7. The van der Waals surface area contributed by atoms with Crippen molar-refractivity contribution < 1.29 is 9.59 Å². The Kier molecular flexibility index (Phi) is 6.55. The van der Waals surface area contributed by atoms with Crippen molar-refractivity contribution in [2.75, 3.05) is 28.2 Å². The van der Waals surface area contributed by atoms with E-state index in [4.69, 9.17) is 0 Å². The molecule has 0 fully saturated rings. The maximum atomic E-state index is 13.7. The molecule has 0 radical (unpaired) electrons. The van der Waals surface area contributed by atoms with Crippen LogP contribution in [0.1, 0.15) is 36.1 Å². The number of rotatable bonds is 7. The van der Waals surface area contributed by atoms with Crippen molar-refractivity contribution in [3.8, 4) is 0 Å². The molecule has 1 heterocycles. The average molecular weight is 454 g/mol. The number of hydrogen-bond acceptors (Lipinski definition) is 4. The molecule has 0 aromatic heterocycles. The molecular formula is C29H31N3O2. The van der Waals surface area contributed by atoms with Gasteiger partial charge in [-0.25, -0.2) is 4.90 Å². The number of carbonyl (C=O) groups is 2. The number of imide groups is 1. The lowest BCUT2D eigenvalue weighted by atomic mass is 10.0. The van der Waals surface area contributed by atoms with Crippen LogP contribution in [0.4, 0.5) is 17.1 Å². The lowest BCUT2D eigenvalue weighted by Crippen LogP contribution is -2.33. The first-order chi connectivity index (χ1) is 16.3. The fourth-order valence-corrected chi connectivity index (χ4v) is 4.40. The molecule has 34 heavy (non-hydrogen) atoms. The van der Waals surface area contributed by atoms with Crippen LogP contribution in [0, 0.1) is 20.8 Å². The molecule has 0 saturated carbocycles. The molecule has 0 aliphatic carbocycles. The molecule has 4 rings (SSSR count). The Morgan fingerprint density at radius 3 is 1.97 bits per heavy atom. The largest absolute Gasteiger partial charge is 0.372 e. The molecule has 5 heteroatoms. The number of anilines is 3. The summed E-state index contributed by atoms with van der Waals surface area (Å²) in [6.45, 7) is 12.0. The fourth-order valence-electron chi connectivity index (χ4n) is 4.40. The predicted octanol–water partition coefficient (Wildman–Crippen LogP) is 5.85. The fraction of sp³-hybridized carbons (Fsp3) is 0.241. The summed E-state index contributed by atoms with van der Waals surface area (Å²) in [7, 11) is 0. The molecule has 1 aliphatic heterocycles. The van der Waals surface area contributed by atoms with Gasteiger partial charge >= 0.3 is 0 Å². The first-order valence-corrected chi connectivity index (χ1v) is 11.7. The summed E-state index contributed by atoms with van der Waals surface area (Å²) in [5.41, 5.74) is 6.95. The third-order valence-electron chi connectivity index (χ3n) is 6.28. The molecule has 3 aromatic rings. The van der Waals surface area contributed by atoms with Crippen LogP contribution in [-0.2, 0) is 9.59 Å². The Morgan fingerprint density at radius 2 is 1.38 bits per heavy atom. The summed E-state index contributed by atoms with van der Waals surface area (Å²) >= 11 is 0. The van der Waals surface area contributed by atoms with Crippen LogP contribution < -0.4 is 15.1 Å². The van der Waals surface area contributed by atoms with Crippen LogP contribution in [0.5, 0.6) is 0 Å². The lowest BCUT2D eigenvalue weighted by Gasteiger charge is -2.21. The van der Waals surface area contributed by atoms with Gasteiger partial charge in [-0.05, 0) is 76.1 Å². The van der Waals surface area contributed by atoms with Crippen molar-refractivity contribution in [2.45, 2.75) is 34.6 Å². The van der Waals surface area contributed by atoms with Crippen LogP contribution >= 0.6 is 0 Å². The highest BCUT2D eigenvalue weighted by molar-refractivity contribution is 6.46. The Balaban J connectivity index is 1.76. The molecule has 3 aromatic carbocycles. The second-order valence-corrected chi connectivity index (χ2v) is 8.70. The molecule has 2 amide bonds. The normalized spacial score (nSPS) is 13.6. The number of hydrogen-bond donors (Lipinski definition) is 1. The molecule has 0 bridgehead atoms. The number of nitrogens with zero attached hydrogens (tertiary/aromatic N) is 2. The Bertz CT molecular complexity index is 1250. The van der Waals surface area contributed by atoms with E-state index < -0.39 is 0 Å². The van der Waals surface area contributed by atoms with E-state index in [1.54, 1.807) is 0 Å².